The molecule has 0 spiro atoms. The Balaban J connectivity index is 2.09. The number of piperidine rings is 1. The van der Waals surface area contributed by atoms with E-state index >= 15 is 0 Å². The number of rotatable bonds is 2. The van der Waals surface area contributed by atoms with Crippen molar-refractivity contribution in [1.29, 1.82) is 0 Å². The van der Waals surface area contributed by atoms with Crippen molar-refractivity contribution in [3.05, 3.63) is 0 Å². The summed E-state index contributed by atoms with van der Waals surface area (Å²) in [7, 11) is 0. The highest BCUT2D eigenvalue weighted by atomic mass is 16.7. The third-order valence-electron chi connectivity index (χ3n) is 4.07. The van der Waals surface area contributed by atoms with E-state index in [1.54, 1.807) is 0 Å². The fraction of sp³-hybridized carbons (Fsp3) is 1.00. The molecular formula is C13H26N2O2. The summed E-state index contributed by atoms with van der Waals surface area (Å²) in [6.07, 6.45) is 5.30. The Morgan fingerprint density at radius 2 is 1.65 bits per heavy atom. The van der Waals surface area contributed by atoms with Crippen LogP contribution in [0.1, 0.15) is 59.8 Å². The molecule has 1 unspecified atom stereocenters. The molecule has 1 atom stereocenters. The van der Waals surface area contributed by atoms with Crippen molar-refractivity contribution >= 4 is 0 Å². The molecule has 2 saturated heterocycles. The quantitative estimate of drug-likeness (QED) is 0.807. The third kappa shape index (κ3) is 2.65. The van der Waals surface area contributed by atoms with Gasteiger partial charge in [-0.25, -0.2) is 0 Å². The van der Waals surface area contributed by atoms with Gasteiger partial charge in [-0.3, -0.25) is 4.84 Å². The lowest BCUT2D eigenvalue weighted by molar-refractivity contribution is -0.352. The number of hydrogen-bond acceptors (Lipinski definition) is 4. The van der Waals surface area contributed by atoms with Crippen molar-refractivity contribution < 1.29 is 10.0 Å². The lowest BCUT2D eigenvalue weighted by Gasteiger charge is -2.52. The second-order valence-electron chi connectivity index (χ2n) is 6.64. The van der Waals surface area contributed by atoms with E-state index in [1.807, 2.05) is 0 Å². The van der Waals surface area contributed by atoms with Gasteiger partial charge in [-0.1, -0.05) is 0 Å². The minimum atomic E-state index is -0.161. The predicted octanol–water partition coefficient (Wildman–Crippen LogP) is 2.77. The molecule has 2 aliphatic heterocycles. The first kappa shape index (κ1) is 13.3. The Bertz CT molecular complexity index is 263. The van der Waals surface area contributed by atoms with E-state index in [9.17, 15) is 5.21 Å². The lowest BCUT2D eigenvalue weighted by atomic mass is 9.82. The van der Waals surface area contributed by atoms with Gasteiger partial charge in [0.05, 0.1) is 0 Å². The van der Waals surface area contributed by atoms with E-state index in [0.29, 0.717) is 0 Å². The minimum absolute atomic E-state index is 0.0468. The maximum absolute atomic E-state index is 9.74. The molecular weight excluding hydrogens is 216 g/mol. The monoisotopic (exact) mass is 242 g/mol. The van der Waals surface area contributed by atoms with Crippen LogP contribution >= 0.6 is 0 Å². The van der Waals surface area contributed by atoms with Crippen LogP contribution in [0.5, 0.6) is 0 Å². The molecule has 1 N–H and O–H groups in total. The van der Waals surface area contributed by atoms with E-state index < -0.39 is 0 Å². The molecule has 0 aromatic rings. The number of hydrogen-bond donors (Lipinski definition) is 1. The molecule has 0 aliphatic carbocycles. The number of nitrogens with zero attached hydrogens (tertiary/aromatic N) is 2. The van der Waals surface area contributed by atoms with Gasteiger partial charge in [0.1, 0.15) is 0 Å². The van der Waals surface area contributed by atoms with Gasteiger partial charge in [-0.05, 0) is 59.8 Å². The average molecular weight is 242 g/mol. The van der Waals surface area contributed by atoms with E-state index in [4.69, 9.17) is 4.84 Å². The number of hydroxylamine groups is 4. The average Bonchev–Trinajstić information content (AvgIpc) is 2.57. The summed E-state index contributed by atoms with van der Waals surface area (Å²) in [4.78, 5) is 6.10. The minimum Gasteiger partial charge on any atom is -0.311 e. The van der Waals surface area contributed by atoms with Crippen molar-refractivity contribution in [2.45, 2.75) is 77.1 Å². The van der Waals surface area contributed by atoms with Crippen molar-refractivity contribution in [3.63, 3.8) is 0 Å². The fourth-order valence-corrected chi connectivity index (χ4v) is 3.21. The van der Waals surface area contributed by atoms with Crippen LogP contribution < -0.4 is 0 Å². The van der Waals surface area contributed by atoms with Gasteiger partial charge in [-0.2, -0.15) is 10.1 Å². The smallest absolute Gasteiger partial charge is 0.154 e. The molecule has 2 rings (SSSR count). The Morgan fingerprint density at radius 1 is 1.06 bits per heavy atom. The van der Waals surface area contributed by atoms with Crippen LogP contribution in [0.15, 0.2) is 0 Å². The van der Waals surface area contributed by atoms with Gasteiger partial charge in [-0.15, -0.1) is 0 Å². The topological polar surface area (TPSA) is 35.9 Å². The van der Waals surface area contributed by atoms with E-state index in [1.165, 1.54) is 11.5 Å². The van der Waals surface area contributed by atoms with Crippen molar-refractivity contribution in [2.24, 2.45) is 0 Å². The van der Waals surface area contributed by atoms with E-state index in [0.717, 1.165) is 32.2 Å². The van der Waals surface area contributed by atoms with Crippen molar-refractivity contribution in [1.82, 2.24) is 10.1 Å². The molecule has 17 heavy (non-hydrogen) atoms. The molecule has 0 aromatic carbocycles. The Labute approximate surface area is 104 Å². The van der Waals surface area contributed by atoms with Gasteiger partial charge < -0.3 is 5.21 Å². The molecule has 0 radical (unpaired) electrons. The third-order valence-corrected chi connectivity index (χ3v) is 4.07. The molecule has 2 fully saturated rings. The van der Waals surface area contributed by atoms with E-state index in [-0.39, 0.29) is 17.3 Å². The van der Waals surface area contributed by atoms with Crippen LogP contribution in [0, 0.1) is 0 Å². The van der Waals surface area contributed by atoms with Gasteiger partial charge in [0, 0.05) is 17.6 Å². The summed E-state index contributed by atoms with van der Waals surface area (Å²) in [6.45, 7) is 9.63. The normalized spacial score (nSPS) is 34.1. The van der Waals surface area contributed by atoms with Crippen LogP contribution in [-0.2, 0) is 4.84 Å². The largest absolute Gasteiger partial charge is 0.311 e. The van der Waals surface area contributed by atoms with Crippen LogP contribution in [0.2, 0.25) is 0 Å². The Hall–Kier alpha value is -0.160. The van der Waals surface area contributed by atoms with Crippen LogP contribution in [0.3, 0.4) is 0 Å². The first-order valence-electron chi connectivity index (χ1n) is 6.76. The summed E-state index contributed by atoms with van der Waals surface area (Å²) in [6, 6.07) is 0. The lowest BCUT2D eigenvalue weighted by Crippen LogP contribution is -2.60. The molecule has 2 heterocycles. The molecule has 0 aromatic heterocycles. The van der Waals surface area contributed by atoms with Crippen LogP contribution in [0.4, 0.5) is 0 Å². The second kappa shape index (κ2) is 4.50. The summed E-state index contributed by atoms with van der Waals surface area (Å²) < 4.78 is 0. The summed E-state index contributed by atoms with van der Waals surface area (Å²) in [5.74, 6) is 0. The van der Waals surface area contributed by atoms with Gasteiger partial charge >= 0.3 is 0 Å². The molecule has 4 heteroatoms. The molecule has 2 aliphatic rings. The molecule has 100 valence electrons. The van der Waals surface area contributed by atoms with Crippen molar-refractivity contribution in [3.8, 4) is 0 Å². The Kier molecular flexibility index (Phi) is 3.51. The van der Waals surface area contributed by atoms with Crippen LogP contribution in [-0.4, -0.2) is 39.2 Å². The molecule has 4 nitrogen and oxygen atoms in total. The first-order valence-corrected chi connectivity index (χ1v) is 6.76. The maximum atomic E-state index is 9.74. The van der Waals surface area contributed by atoms with Gasteiger partial charge in [0.2, 0.25) is 0 Å². The zero-order valence-electron chi connectivity index (χ0n) is 11.6. The highest BCUT2D eigenvalue weighted by molar-refractivity contribution is 4.93. The maximum Gasteiger partial charge on any atom is 0.154 e. The standard InChI is InChI=1S/C13H26N2O2/c1-12(2)8-6-9-13(3,4)15(12)17-11-7-5-10-14(11)16/h11,16H,5-10H2,1-4H3. The highest BCUT2D eigenvalue weighted by Gasteiger charge is 2.44. The summed E-state index contributed by atoms with van der Waals surface area (Å²) >= 11 is 0. The van der Waals surface area contributed by atoms with Gasteiger partial charge in [0.25, 0.3) is 0 Å². The SMILES string of the molecule is CC1(C)CCCC(C)(C)N1OC1CCCN1O. The summed E-state index contributed by atoms with van der Waals surface area (Å²) in [5.41, 5.74) is 0.0936. The zero-order chi connectivity index (χ0) is 12.7. The second-order valence-corrected chi connectivity index (χ2v) is 6.64. The molecule has 0 saturated carbocycles. The zero-order valence-corrected chi connectivity index (χ0v) is 11.6. The highest BCUT2D eigenvalue weighted by Crippen LogP contribution is 2.39. The first-order chi connectivity index (χ1) is 7.83. The van der Waals surface area contributed by atoms with E-state index in [2.05, 4.69) is 32.8 Å². The van der Waals surface area contributed by atoms with Crippen molar-refractivity contribution in [2.75, 3.05) is 6.54 Å². The predicted molar refractivity (Wildman–Crippen MR) is 66.4 cm³/mol. The molecule has 0 bridgehead atoms. The van der Waals surface area contributed by atoms with Crippen LogP contribution in [0.25, 0.3) is 0 Å². The molecule has 0 amide bonds. The fourth-order valence-electron chi connectivity index (χ4n) is 3.21. The Morgan fingerprint density at radius 3 is 2.12 bits per heavy atom. The summed E-state index contributed by atoms with van der Waals surface area (Å²) in [5, 5.41) is 13.2. The van der Waals surface area contributed by atoms with Gasteiger partial charge in [0.15, 0.2) is 6.23 Å².